The third-order valence-electron chi connectivity index (χ3n) is 6.17. The van der Waals surface area contributed by atoms with E-state index in [-0.39, 0.29) is 28.2 Å². The summed E-state index contributed by atoms with van der Waals surface area (Å²) in [5.74, 6) is -0.979. The summed E-state index contributed by atoms with van der Waals surface area (Å²) >= 11 is 0. The Bertz CT molecular complexity index is 1100. The molecule has 34 heavy (non-hydrogen) atoms. The lowest BCUT2D eigenvalue weighted by atomic mass is 10.1. The highest BCUT2D eigenvalue weighted by molar-refractivity contribution is 7.89. The Hall–Kier alpha value is -2.91. The summed E-state index contributed by atoms with van der Waals surface area (Å²) in [6.45, 7) is 2.30. The van der Waals surface area contributed by atoms with E-state index in [2.05, 4.69) is 0 Å². The maximum atomic E-state index is 13.3. The van der Waals surface area contributed by atoms with Gasteiger partial charge in [-0.2, -0.15) is 4.31 Å². The van der Waals surface area contributed by atoms with Crippen LogP contribution in [0.2, 0.25) is 0 Å². The number of benzene rings is 2. The second kappa shape index (κ2) is 11.5. The summed E-state index contributed by atoms with van der Waals surface area (Å²) in [6, 6.07) is 13.5. The van der Waals surface area contributed by atoms with Crippen LogP contribution in [0, 0.1) is 0 Å². The van der Waals surface area contributed by atoms with Crippen LogP contribution >= 0.6 is 0 Å². The number of likely N-dealkylation sites (N-methyl/N-ethyl adjacent to an activating group) is 1. The Balaban J connectivity index is 1.72. The molecule has 2 aromatic rings. The van der Waals surface area contributed by atoms with Gasteiger partial charge in [0.2, 0.25) is 10.0 Å². The predicted molar refractivity (Wildman–Crippen MR) is 128 cm³/mol. The molecule has 1 aliphatic heterocycles. The van der Waals surface area contributed by atoms with Gasteiger partial charge in [0.15, 0.2) is 6.61 Å². The smallest absolute Gasteiger partial charge is 0.338 e. The number of hydrogen-bond donors (Lipinski definition) is 0. The minimum absolute atomic E-state index is 0.0424. The molecular formula is C25H32N2O6S. The number of nitrogens with zero attached hydrogens (tertiary/aromatic N) is 2. The van der Waals surface area contributed by atoms with Crippen LogP contribution < -0.4 is 4.74 Å². The molecule has 0 saturated carbocycles. The molecule has 1 saturated heterocycles. The number of rotatable bonds is 8. The molecule has 1 unspecified atom stereocenters. The summed E-state index contributed by atoms with van der Waals surface area (Å²) in [5.41, 5.74) is 1.00. The number of amides is 1. The second-order valence-electron chi connectivity index (χ2n) is 8.35. The lowest BCUT2D eigenvalue weighted by Gasteiger charge is -2.25. The van der Waals surface area contributed by atoms with E-state index in [1.807, 2.05) is 37.3 Å². The van der Waals surface area contributed by atoms with Gasteiger partial charge >= 0.3 is 5.97 Å². The van der Waals surface area contributed by atoms with Gasteiger partial charge in [-0.3, -0.25) is 4.79 Å². The first-order valence-electron chi connectivity index (χ1n) is 11.4. The normalized spacial score (nSPS) is 15.7. The molecule has 1 atom stereocenters. The first-order chi connectivity index (χ1) is 16.3. The topological polar surface area (TPSA) is 93.2 Å². The number of esters is 1. The minimum atomic E-state index is -3.85. The number of ether oxygens (including phenoxy) is 2. The molecule has 0 spiro atoms. The summed E-state index contributed by atoms with van der Waals surface area (Å²) in [5, 5.41) is 0. The minimum Gasteiger partial charge on any atom is -0.495 e. The van der Waals surface area contributed by atoms with Gasteiger partial charge in [-0.05, 0) is 43.5 Å². The van der Waals surface area contributed by atoms with E-state index in [9.17, 15) is 18.0 Å². The summed E-state index contributed by atoms with van der Waals surface area (Å²) in [6.07, 6.45) is 3.56. The standard InChI is InChI=1S/C25H32N2O6S/c1-19(20-11-7-6-8-12-20)26(2)24(28)18-33-25(29)21-13-14-22(32-3)23(17-21)34(30,31)27-15-9-4-5-10-16-27/h6-8,11-14,17,19H,4-5,9-10,15-16,18H2,1-3H3. The molecule has 0 N–H and O–H groups in total. The SMILES string of the molecule is COc1ccc(C(=O)OCC(=O)N(C)C(C)c2ccccc2)cc1S(=O)(=O)N1CCCCCC1. The molecule has 0 bridgehead atoms. The van der Waals surface area contributed by atoms with Crippen molar-refractivity contribution in [1.29, 1.82) is 0 Å². The Kier molecular flexibility index (Phi) is 8.68. The second-order valence-corrected chi connectivity index (χ2v) is 10.3. The van der Waals surface area contributed by atoms with Crippen LogP contribution in [0.5, 0.6) is 5.75 Å². The predicted octanol–water partition coefficient (Wildman–Crippen LogP) is 3.64. The fraction of sp³-hybridized carbons (Fsp3) is 0.440. The van der Waals surface area contributed by atoms with Crippen molar-refractivity contribution in [3.05, 3.63) is 59.7 Å². The fourth-order valence-corrected chi connectivity index (χ4v) is 5.61. The van der Waals surface area contributed by atoms with Crippen LogP contribution in [0.15, 0.2) is 53.4 Å². The third-order valence-corrected chi connectivity index (χ3v) is 8.09. The molecule has 2 aromatic carbocycles. The molecule has 1 amide bonds. The maximum absolute atomic E-state index is 13.3. The first kappa shape index (κ1) is 25.7. The zero-order chi connectivity index (χ0) is 24.7. The van der Waals surface area contributed by atoms with Gasteiger partial charge < -0.3 is 14.4 Å². The van der Waals surface area contributed by atoms with Crippen molar-refractivity contribution in [2.24, 2.45) is 0 Å². The first-order valence-corrected chi connectivity index (χ1v) is 12.9. The van der Waals surface area contributed by atoms with Crippen molar-refractivity contribution >= 4 is 21.9 Å². The molecule has 0 aromatic heterocycles. The molecule has 1 heterocycles. The van der Waals surface area contributed by atoms with E-state index in [1.165, 1.54) is 34.5 Å². The Morgan fingerprint density at radius 3 is 2.29 bits per heavy atom. The van der Waals surface area contributed by atoms with Crippen molar-refractivity contribution in [1.82, 2.24) is 9.21 Å². The Morgan fingerprint density at radius 1 is 1.03 bits per heavy atom. The summed E-state index contributed by atoms with van der Waals surface area (Å²) in [7, 11) is -0.813. The van der Waals surface area contributed by atoms with Crippen LogP contribution in [-0.2, 0) is 19.6 Å². The number of carbonyl (C=O) groups excluding carboxylic acids is 2. The molecule has 1 aliphatic rings. The van der Waals surface area contributed by atoms with Gasteiger partial charge in [-0.15, -0.1) is 0 Å². The molecular weight excluding hydrogens is 456 g/mol. The lowest BCUT2D eigenvalue weighted by molar-refractivity contribution is -0.135. The van der Waals surface area contributed by atoms with Gasteiger partial charge in [0.1, 0.15) is 10.6 Å². The molecule has 0 radical (unpaired) electrons. The van der Waals surface area contributed by atoms with Crippen molar-refractivity contribution in [2.45, 2.75) is 43.5 Å². The highest BCUT2D eigenvalue weighted by Gasteiger charge is 2.29. The summed E-state index contributed by atoms with van der Waals surface area (Å²) < 4.78 is 38.5. The van der Waals surface area contributed by atoms with E-state index in [1.54, 1.807) is 7.05 Å². The molecule has 0 aliphatic carbocycles. The Labute approximate surface area is 201 Å². The average Bonchev–Trinajstić information content (AvgIpc) is 3.16. The van der Waals surface area contributed by atoms with E-state index in [0.29, 0.717) is 13.1 Å². The molecule has 8 nitrogen and oxygen atoms in total. The van der Waals surface area contributed by atoms with Crippen LogP contribution in [0.4, 0.5) is 0 Å². The lowest BCUT2D eigenvalue weighted by Crippen LogP contribution is -2.33. The van der Waals surface area contributed by atoms with Crippen molar-refractivity contribution in [3.8, 4) is 5.75 Å². The van der Waals surface area contributed by atoms with Gasteiger partial charge in [-0.1, -0.05) is 43.2 Å². The van der Waals surface area contributed by atoms with E-state index in [0.717, 1.165) is 31.2 Å². The number of methoxy groups -OCH3 is 1. The molecule has 9 heteroatoms. The highest BCUT2D eigenvalue weighted by atomic mass is 32.2. The van der Waals surface area contributed by atoms with E-state index < -0.39 is 22.6 Å². The van der Waals surface area contributed by atoms with Crippen molar-refractivity contribution in [2.75, 3.05) is 33.9 Å². The van der Waals surface area contributed by atoms with E-state index in [4.69, 9.17) is 9.47 Å². The molecule has 1 fully saturated rings. The molecule has 3 rings (SSSR count). The van der Waals surface area contributed by atoms with Gasteiger partial charge in [-0.25, -0.2) is 13.2 Å². The van der Waals surface area contributed by atoms with Crippen LogP contribution in [0.1, 0.15) is 54.6 Å². The van der Waals surface area contributed by atoms with Crippen LogP contribution in [-0.4, -0.2) is 63.4 Å². The monoisotopic (exact) mass is 488 g/mol. The average molecular weight is 489 g/mol. The number of carbonyl (C=O) groups is 2. The van der Waals surface area contributed by atoms with Crippen molar-refractivity contribution < 1.29 is 27.5 Å². The quantitative estimate of drug-likeness (QED) is 0.527. The maximum Gasteiger partial charge on any atom is 0.338 e. The van der Waals surface area contributed by atoms with Crippen molar-refractivity contribution in [3.63, 3.8) is 0 Å². The number of sulfonamides is 1. The van der Waals surface area contributed by atoms with Gasteiger partial charge in [0, 0.05) is 20.1 Å². The van der Waals surface area contributed by atoms with Gasteiger partial charge in [0.05, 0.1) is 18.7 Å². The number of hydrogen-bond acceptors (Lipinski definition) is 6. The fourth-order valence-electron chi connectivity index (χ4n) is 3.91. The zero-order valence-electron chi connectivity index (χ0n) is 19.9. The molecule has 184 valence electrons. The zero-order valence-corrected chi connectivity index (χ0v) is 20.7. The van der Waals surface area contributed by atoms with Crippen LogP contribution in [0.3, 0.4) is 0 Å². The highest BCUT2D eigenvalue weighted by Crippen LogP contribution is 2.29. The van der Waals surface area contributed by atoms with Crippen LogP contribution in [0.25, 0.3) is 0 Å². The Morgan fingerprint density at radius 2 is 1.68 bits per heavy atom. The largest absolute Gasteiger partial charge is 0.495 e. The van der Waals surface area contributed by atoms with Gasteiger partial charge in [0.25, 0.3) is 5.91 Å². The third kappa shape index (κ3) is 5.95. The summed E-state index contributed by atoms with van der Waals surface area (Å²) in [4.78, 5) is 26.7. The van der Waals surface area contributed by atoms with E-state index >= 15 is 0 Å².